The fourth-order valence-electron chi connectivity index (χ4n) is 3.92. The number of imidazole rings is 1. The highest BCUT2D eigenvalue weighted by molar-refractivity contribution is 5.92. The lowest BCUT2D eigenvalue weighted by Crippen LogP contribution is -2.38. The summed E-state index contributed by atoms with van der Waals surface area (Å²) in [6.07, 6.45) is 7.16. The van der Waals surface area contributed by atoms with Crippen LogP contribution in [-0.2, 0) is 19.5 Å². The Labute approximate surface area is 190 Å². The number of nitrogens with zero attached hydrogens (tertiary/aromatic N) is 6. The van der Waals surface area contributed by atoms with Crippen LogP contribution in [-0.4, -0.2) is 41.9 Å². The number of pyridine rings is 1. The maximum absolute atomic E-state index is 14.4. The summed E-state index contributed by atoms with van der Waals surface area (Å²) in [6.45, 7) is 3.46. The van der Waals surface area contributed by atoms with E-state index in [0.717, 1.165) is 16.8 Å². The van der Waals surface area contributed by atoms with Crippen molar-refractivity contribution in [1.82, 2.24) is 29.4 Å². The molecular weight excluding hydrogens is 421 g/mol. The number of rotatable bonds is 5. The Bertz CT molecular complexity index is 1310. The van der Waals surface area contributed by atoms with Crippen LogP contribution in [0.15, 0.2) is 61.3 Å². The van der Waals surface area contributed by atoms with Crippen LogP contribution in [0.25, 0.3) is 11.4 Å². The van der Waals surface area contributed by atoms with E-state index in [1.165, 1.54) is 6.07 Å². The van der Waals surface area contributed by atoms with Gasteiger partial charge in [-0.1, -0.05) is 12.1 Å². The first kappa shape index (κ1) is 20.7. The summed E-state index contributed by atoms with van der Waals surface area (Å²) in [5.74, 6) is 0.526. The first-order valence-electron chi connectivity index (χ1n) is 10.7. The molecule has 33 heavy (non-hydrogen) atoms. The number of aromatic nitrogens is 5. The summed E-state index contributed by atoms with van der Waals surface area (Å²) in [5.41, 5.74) is 3.28. The number of nitrogens with one attached hydrogen (secondary N) is 1. The Morgan fingerprint density at radius 3 is 2.73 bits per heavy atom. The van der Waals surface area contributed by atoms with Gasteiger partial charge >= 0.3 is 0 Å². The number of para-hydroxylation sites is 1. The molecule has 0 saturated heterocycles. The molecule has 3 aromatic heterocycles. The van der Waals surface area contributed by atoms with E-state index in [1.54, 1.807) is 48.0 Å². The van der Waals surface area contributed by atoms with Crippen molar-refractivity contribution in [2.24, 2.45) is 0 Å². The van der Waals surface area contributed by atoms with Gasteiger partial charge in [-0.05, 0) is 31.2 Å². The second-order valence-electron chi connectivity index (χ2n) is 7.70. The highest BCUT2D eigenvalue weighted by Crippen LogP contribution is 2.30. The fourth-order valence-corrected chi connectivity index (χ4v) is 3.92. The first-order chi connectivity index (χ1) is 16.1. The Morgan fingerprint density at radius 1 is 1.12 bits per heavy atom. The highest BCUT2D eigenvalue weighted by atomic mass is 19.1. The van der Waals surface area contributed by atoms with E-state index in [1.807, 2.05) is 23.6 Å². The summed E-state index contributed by atoms with van der Waals surface area (Å²) >= 11 is 0. The maximum Gasteiger partial charge on any atom is 0.272 e. The van der Waals surface area contributed by atoms with Crippen molar-refractivity contribution in [1.29, 1.82) is 0 Å². The minimum atomic E-state index is -0.383. The standard InChI is InChI=1S/C24H22FN7O/c1-2-31-15-27-13-21(31)24(33)32-12-9-19-17(14-32)23(29-20-6-4-3-5-18(20)25)30-22(28-19)16-7-10-26-11-8-16/h3-8,10-11,13,15H,2,9,12,14H2,1H3,(H,28,29,30). The average Bonchev–Trinajstić information content (AvgIpc) is 3.34. The Hall–Kier alpha value is -4.14. The number of aryl methyl sites for hydroxylation is 1. The monoisotopic (exact) mass is 443 g/mol. The van der Waals surface area contributed by atoms with Crippen molar-refractivity contribution in [2.75, 3.05) is 11.9 Å². The molecular formula is C24H22FN7O. The van der Waals surface area contributed by atoms with Gasteiger partial charge in [0.25, 0.3) is 5.91 Å². The largest absolute Gasteiger partial charge is 0.337 e. The zero-order chi connectivity index (χ0) is 22.8. The van der Waals surface area contributed by atoms with Crippen LogP contribution < -0.4 is 5.32 Å². The number of hydrogen-bond donors (Lipinski definition) is 1. The van der Waals surface area contributed by atoms with Gasteiger partial charge < -0.3 is 14.8 Å². The summed E-state index contributed by atoms with van der Waals surface area (Å²) < 4.78 is 16.2. The molecule has 0 saturated carbocycles. The summed E-state index contributed by atoms with van der Waals surface area (Å²) in [7, 11) is 0. The topological polar surface area (TPSA) is 88.8 Å². The van der Waals surface area contributed by atoms with Crippen LogP contribution >= 0.6 is 0 Å². The Kier molecular flexibility index (Phi) is 5.52. The van der Waals surface area contributed by atoms with Crippen LogP contribution in [0, 0.1) is 5.82 Å². The third-order valence-corrected chi connectivity index (χ3v) is 5.69. The molecule has 1 aliphatic heterocycles. The molecule has 1 aliphatic rings. The zero-order valence-corrected chi connectivity index (χ0v) is 18.1. The molecule has 0 unspecified atom stereocenters. The van der Waals surface area contributed by atoms with Crippen molar-refractivity contribution in [3.05, 3.63) is 84.1 Å². The van der Waals surface area contributed by atoms with Crippen molar-refractivity contribution in [3.8, 4) is 11.4 Å². The van der Waals surface area contributed by atoms with Gasteiger partial charge in [0.15, 0.2) is 5.82 Å². The number of benzene rings is 1. The number of anilines is 2. The molecule has 0 atom stereocenters. The van der Waals surface area contributed by atoms with Gasteiger partial charge in [-0.3, -0.25) is 9.78 Å². The molecule has 0 aliphatic carbocycles. The molecule has 5 rings (SSSR count). The predicted molar refractivity (Wildman–Crippen MR) is 121 cm³/mol. The molecule has 1 aromatic carbocycles. The quantitative estimate of drug-likeness (QED) is 0.504. The van der Waals surface area contributed by atoms with E-state index in [4.69, 9.17) is 9.97 Å². The minimum Gasteiger partial charge on any atom is -0.337 e. The normalized spacial score (nSPS) is 13.0. The number of amides is 1. The zero-order valence-electron chi connectivity index (χ0n) is 18.1. The Morgan fingerprint density at radius 2 is 1.94 bits per heavy atom. The van der Waals surface area contributed by atoms with Crippen LogP contribution in [0.5, 0.6) is 0 Å². The molecule has 0 spiro atoms. The molecule has 1 N–H and O–H groups in total. The third-order valence-electron chi connectivity index (χ3n) is 5.69. The van der Waals surface area contributed by atoms with Gasteiger partial charge in [0.1, 0.15) is 17.3 Å². The molecule has 4 aromatic rings. The highest BCUT2D eigenvalue weighted by Gasteiger charge is 2.28. The fraction of sp³-hybridized carbons (Fsp3) is 0.208. The van der Waals surface area contributed by atoms with Crippen LogP contribution in [0.4, 0.5) is 15.9 Å². The number of carbonyl (C=O) groups excluding carboxylic acids is 1. The molecule has 9 heteroatoms. The SMILES string of the molecule is CCn1cncc1C(=O)N1CCc2nc(-c3ccncc3)nc(Nc3ccccc3F)c2C1. The minimum absolute atomic E-state index is 0.102. The first-order valence-corrected chi connectivity index (χ1v) is 10.7. The lowest BCUT2D eigenvalue weighted by Gasteiger charge is -2.30. The lowest BCUT2D eigenvalue weighted by atomic mass is 10.0. The van der Waals surface area contributed by atoms with Gasteiger partial charge in [-0.2, -0.15) is 0 Å². The number of fused-ring (bicyclic) bond motifs is 1. The van der Waals surface area contributed by atoms with Gasteiger partial charge in [0, 0.05) is 43.0 Å². The molecule has 8 nitrogen and oxygen atoms in total. The summed E-state index contributed by atoms with van der Waals surface area (Å²) in [4.78, 5) is 32.6. The molecule has 4 heterocycles. The predicted octanol–water partition coefficient (Wildman–Crippen LogP) is 3.84. The summed E-state index contributed by atoms with van der Waals surface area (Å²) in [5, 5.41) is 3.13. The number of carbonyl (C=O) groups is 1. The van der Waals surface area contributed by atoms with Gasteiger partial charge in [0.2, 0.25) is 0 Å². The van der Waals surface area contributed by atoms with E-state index in [0.29, 0.717) is 49.1 Å². The third kappa shape index (κ3) is 4.05. The van der Waals surface area contributed by atoms with Crippen molar-refractivity contribution in [2.45, 2.75) is 26.4 Å². The number of halogens is 1. The van der Waals surface area contributed by atoms with Crippen molar-refractivity contribution < 1.29 is 9.18 Å². The van der Waals surface area contributed by atoms with E-state index >= 15 is 0 Å². The van der Waals surface area contributed by atoms with Crippen molar-refractivity contribution >= 4 is 17.4 Å². The van der Waals surface area contributed by atoms with E-state index in [9.17, 15) is 9.18 Å². The van der Waals surface area contributed by atoms with E-state index in [2.05, 4.69) is 15.3 Å². The van der Waals surface area contributed by atoms with Crippen LogP contribution in [0.1, 0.15) is 28.7 Å². The average molecular weight is 443 g/mol. The van der Waals surface area contributed by atoms with Gasteiger partial charge in [-0.15, -0.1) is 0 Å². The molecule has 166 valence electrons. The van der Waals surface area contributed by atoms with Crippen molar-refractivity contribution in [3.63, 3.8) is 0 Å². The van der Waals surface area contributed by atoms with Crippen LogP contribution in [0.3, 0.4) is 0 Å². The van der Waals surface area contributed by atoms with Gasteiger partial charge in [0.05, 0.1) is 30.5 Å². The lowest BCUT2D eigenvalue weighted by molar-refractivity contribution is 0.0723. The summed E-state index contributed by atoms with van der Waals surface area (Å²) in [6, 6.07) is 10.1. The van der Waals surface area contributed by atoms with Crippen LogP contribution in [0.2, 0.25) is 0 Å². The molecule has 0 radical (unpaired) electrons. The molecule has 0 bridgehead atoms. The maximum atomic E-state index is 14.4. The molecule has 0 fully saturated rings. The second-order valence-corrected chi connectivity index (χ2v) is 7.70. The number of hydrogen-bond acceptors (Lipinski definition) is 6. The Balaban J connectivity index is 1.54. The van der Waals surface area contributed by atoms with Gasteiger partial charge in [-0.25, -0.2) is 19.3 Å². The second kappa shape index (κ2) is 8.78. The van der Waals surface area contributed by atoms with E-state index < -0.39 is 0 Å². The smallest absolute Gasteiger partial charge is 0.272 e. The molecule has 1 amide bonds. The van der Waals surface area contributed by atoms with E-state index in [-0.39, 0.29) is 11.7 Å².